The van der Waals surface area contributed by atoms with Crippen molar-refractivity contribution in [2.24, 2.45) is 10.8 Å². The number of hydrogen-bond acceptors (Lipinski definition) is 5. The summed E-state index contributed by atoms with van der Waals surface area (Å²) in [5, 5.41) is 13.3. The predicted octanol–water partition coefficient (Wildman–Crippen LogP) is 9.68. The van der Waals surface area contributed by atoms with E-state index in [0.717, 1.165) is 21.5 Å². The summed E-state index contributed by atoms with van der Waals surface area (Å²) in [5.41, 5.74) is 3.56. The Morgan fingerprint density at radius 2 is 1.65 bits per heavy atom. The Morgan fingerprint density at radius 1 is 0.950 bits per heavy atom. The van der Waals surface area contributed by atoms with E-state index in [1.165, 1.54) is 32.5 Å². The summed E-state index contributed by atoms with van der Waals surface area (Å²) in [4.78, 5) is 20.7. The number of carbonyl (C=O) groups is 1. The molecule has 0 saturated carbocycles. The summed E-state index contributed by atoms with van der Waals surface area (Å²) >= 11 is 1.76. The Hall–Kier alpha value is -2.92. The van der Waals surface area contributed by atoms with Crippen LogP contribution in [0, 0.1) is 16.9 Å². The molecule has 5 rings (SSSR count). The molecule has 1 radical (unpaired) electrons. The molecule has 0 aliphatic heterocycles. The number of carbonyl (C=O) groups excluding carboxylic acids is 1. The van der Waals surface area contributed by atoms with Crippen LogP contribution in [0.25, 0.3) is 42.3 Å². The van der Waals surface area contributed by atoms with E-state index >= 15 is 0 Å². The third-order valence-electron chi connectivity index (χ3n) is 6.68. The van der Waals surface area contributed by atoms with Crippen molar-refractivity contribution in [1.82, 2.24) is 9.97 Å². The number of fused-ring (bicyclic) bond motifs is 5. The van der Waals surface area contributed by atoms with Crippen molar-refractivity contribution in [3.05, 3.63) is 84.4 Å². The number of hydrogen-bond donors (Lipinski definition) is 1. The van der Waals surface area contributed by atoms with Gasteiger partial charge in [-0.1, -0.05) is 91.6 Å². The van der Waals surface area contributed by atoms with Crippen LogP contribution < -0.4 is 0 Å². The predicted molar refractivity (Wildman–Crippen MR) is 165 cm³/mol. The van der Waals surface area contributed by atoms with Gasteiger partial charge < -0.3 is 5.11 Å². The average molecular weight is 730 g/mol. The fourth-order valence-electron chi connectivity index (χ4n) is 4.03. The van der Waals surface area contributed by atoms with Gasteiger partial charge in [-0.05, 0) is 16.8 Å². The summed E-state index contributed by atoms with van der Waals surface area (Å²) in [7, 11) is 0. The molecule has 0 fully saturated rings. The first-order valence-corrected chi connectivity index (χ1v) is 14.1. The number of benzene rings is 3. The first-order chi connectivity index (χ1) is 18.3. The van der Waals surface area contributed by atoms with E-state index in [9.17, 15) is 9.90 Å². The molecule has 2 aromatic heterocycles. The number of aromatic nitrogens is 2. The number of allylic oxidation sites excluding steroid dienone is 2. The maximum absolute atomic E-state index is 11.5. The minimum Gasteiger partial charge on any atom is -0.512 e. The van der Waals surface area contributed by atoms with Crippen molar-refractivity contribution in [2.75, 3.05) is 0 Å². The van der Waals surface area contributed by atoms with E-state index in [0.29, 0.717) is 5.92 Å². The van der Waals surface area contributed by atoms with Gasteiger partial charge in [0.2, 0.25) is 0 Å². The fourth-order valence-corrected chi connectivity index (χ4v) is 5.21. The van der Waals surface area contributed by atoms with Gasteiger partial charge >= 0.3 is 0 Å². The Labute approximate surface area is 254 Å². The summed E-state index contributed by atoms with van der Waals surface area (Å²) in [6, 6.07) is 22.7. The van der Waals surface area contributed by atoms with Gasteiger partial charge in [0.05, 0.1) is 5.52 Å². The number of thiophene rings is 1. The van der Waals surface area contributed by atoms with Gasteiger partial charge in [-0.2, -0.15) is 0 Å². The van der Waals surface area contributed by atoms with Gasteiger partial charge in [0, 0.05) is 57.5 Å². The molecule has 0 aliphatic rings. The largest absolute Gasteiger partial charge is 0.512 e. The number of nitrogens with zero attached hydrogens (tertiary/aromatic N) is 2. The second kappa shape index (κ2) is 12.3. The third kappa shape index (κ3) is 6.86. The molecule has 0 unspecified atom stereocenters. The summed E-state index contributed by atoms with van der Waals surface area (Å²) < 4.78 is 2.38. The minimum absolute atomic E-state index is 0. The van der Waals surface area contributed by atoms with E-state index in [-0.39, 0.29) is 37.1 Å². The molecule has 0 spiro atoms. The number of aliphatic hydroxyl groups excluding tert-OH is 1. The second-order valence-corrected chi connectivity index (χ2v) is 13.3. The zero-order valence-corrected chi connectivity index (χ0v) is 27.6. The van der Waals surface area contributed by atoms with Crippen molar-refractivity contribution < 1.29 is 30.0 Å². The number of ketones is 1. The SMILES string of the molecule is CC(C)(C)C(=O)/C=C(\O)C(C)(C)C.CC(C)c1c[c-]c(-c2ncnc3c2sc2ccc4ccccc4c23)cc1.[Ir]. The normalized spacial score (nSPS) is 12.4. The van der Waals surface area contributed by atoms with Gasteiger partial charge in [0.1, 0.15) is 12.1 Å². The molecule has 5 aromatic rings. The van der Waals surface area contributed by atoms with Crippen molar-refractivity contribution in [3.8, 4) is 11.3 Å². The summed E-state index contributed by atoms with van der Waals surface area (Å²) in [6.07, 6.45) is 3.01. The van der Waals surface area contributed by atoms with Crippen LogP contribution in [0.5, 0.6) is 0 Å². The average Bonchev–Trinajstić information content (AvgIpc) is 3.27. The van der Waals surface area contributed by atoms with Gasteiger partial charge in [-0.25, -0.2) is 4.98 Å². The first-order valence-electron chi connectivity index (χ1n) is 13.3. The molecular weight excluding hydrogens is 693 g/mol. The van der Waals surface area contributed by atoms with E-state index in [2.05, 4.69) is 84.5 Å². The van der Waals surface area contributed by atoms with Crippen LogP contribution in [0.1, 0.15) is 66.9 Å². The number of rotatable bonds is 3. The molecule has 40 heavy (non-hydrogen) atoms. The van der Waals surface area contributed by atoms with Crippen LogP contribution in [-0.2, 0) is 24.9 Å². The molecule has 0 bridgehead atoms. The Morgan fingerprint density at radius 3 is 2.25 bits per heavy atom. The maximum atomic E-state index is 11.5. The Balaban J connectivity index is 0.000000272. The molecule has 1 N–H and O–H groups in total. The first kappa shape index (κ1) is 31.6. The number of aliphatic hydroxyl groups is 1. The van der Waals surface area contributed by atoms with E-state index in [1.807, 2.05) is 41.5 Å². The van der Waals surface area contributed by atoms with Crippen molar-refractivity contribution >= 4 is 48.2 Å². The fraction of sp³-hybridized carbons (Fsp3) is 0.324. The van der Waals surface area contributed by atoms with Crippen molar-refractivity contribution in [3.63, 3.8) is 0 Å². The van der Waals surface area contributed by atoms with Crippen molar-refractivity contribution in [1.29, 1.82) is 0 Å². The van der Waals surface area contributed by atoms with Gasteiger partial charge in [0.25, 0.3) is 0 Å². The molecule has 6 heteroatoms. The van der Waals surface area contributed by atoms with E-state index in [4.69, 9.17) is 0 Å². The van der Waals surface area contributed by atoms with Crippen LogP contribution in [0.2, 0.25) is 0 Å². The summed E-state index contributed by atoms with van der Waals surface area (Å²) in [5.74, 6) is 0.605. The molecule has 4 nitrogen and oxygen atoms in total. The van der Waals surface area contributed by atoms with Crippen LogP contribution in [0.4, 0.5) is 0 Å². The molecule has 0 aliphatic carbocycles. The van der Waals surface area contributed by atoms with Crippen LogP contribution in [-0.4, -0.2) is 20.9 Å². The molecule has 3 aromatic carbocycles. The quantitative estimate of drug-likeness (QED) is 0.114. The van der Waals surface area contributed by atoms with Crippen LogP contribution in [0.3, 0.4) is 0 Å². The van der Waals surface area contributed by atoms with Gasteiger partial charge in [-0.3, -0.25) is 9.78 Å². The Kier molecular flexibility index (Phi) is 9.72. The second-order valence-electron chi connectivity index (χ2n) is 12.2. The zero-order valence-electron chi connectivity index (χ0n) is 24.4. The Bertz CT molecular complexity index is 1670. The maximum Gasteiger partial charge on any atom is 0.164 e. The zero-order chi connectivity index (χ0) is 28.5. The molecular formula is C34H37IrN2O2S-. The van der Waals surface area contributed by atoms with E-state index in [1.54, 1.807) is 17.7 Å². The standard InChI is InChI=1S/C23H17N2S.C11H20O2.Ir/c1-14(2)15-7-9-17(10-8-15)21-23-22(25-13-24-21)20-18-6-4-3-5-16(18)11-12-19(20)26-23;1-10(2,3)8(12)7-9(13)11(4,5)6;/h3-9,11-14H,1-2H3;7,12H,1-6H3;/q-1;;/b;8-7-;. The molecule has 0 saturated heterocycles. The monoisotopic (exact) mass is 730 g/mol. The van der Waals surface area contributed by atoms with Crippen LogP contribution in [0.15, 0.2) is 72.8 Å². The van der Waals surface area contributed by atoms with Crippen LogP contribution >= 0.6 is 11.3 Å². The van der Waals surface area contributed by atoms with E-state index < -0.39 is 5.41 Å². The third-order valence-corrected chi connectivity index (χ3v) is 7.83. The molecule has 0 atom stereocenters. The molecule has 2 heterocycles. The van der Waals surface area contributed by atoms with Crippen molar-refractivity contribution in [2.45, 2.75) is 61.3 Å². The topological polar surface area (TPSA) is 63.1 Å². The minimum atomic E-state index is -0.417. The molecule has 211 valence electrons. The smallest absolute Gasteiger partial charge is 0.164 e. The van der Waals surface area contributed by atoms with Gasteiger partial charge in [0.15, 0.2) is 5.78 Å². The summed E-state index contributed by atoms with van der Waals surface area (Å²) in [6.45, 7) is 15.5. The molecule has 0 amide bonds. The van der Waals surface area contributed by atoms with Gasteiger partial charge in [-0.15, -0.1) is 46.7 Å².